The van der Waals surface area contributed by atoms with Gasteiger partial charge in [-0.2, -0.15) is 0 Å². The fourth-order valence-corrected chi connectivity index (χ4v) is 4.16. The third kappa shape index (κ3) is 6.27. The summed E-state index contributed by atoms with van der Waals surface area (Å²) in [6.45, 7) is 3.96. The number of nitrogens with zero attached hydrogens (tertiary/aromatic N) is 1. The van der Waals surface area contributed by atoms with Crippen LogP contribution in [0.15, 0.2) is 46.9 Å². The Balaban J connectivity index is 1.67. The zero-order valence-corrected chi connectivity index (χ0v) is 19.9. The number of carbonyl (C=O) groups is 2. The maximum atomic E-state index is 13.1. The van der Waals surface area contributed by atoms with Crippen LogP contribution in [-0.2, 0) is 0 Å². The van der Waals surface area contributed by atoms with Gasteiger partial charge in [0.25, 0.3) is 11.8 Å². The first kappa shape index (κ1) is 23.2. The molecule has 0 spiro atoms. The molecular weight excluding hydrogens is 478 g/mol. The molecule has 1 aliphatic rings. The van der Waals surface area contributed by atoms with Crippen LogP contribution < -0.4 is 15.4 Å². The molecule has 2 N–H and O–H groups in total. The van der Waals surface area contributed by atoms with Crippen LogP contribution >= 0.6 is 28.1 Å². The predicted molar refractivity (Wildman–Crippen MR) is 130 cm³/mol. The van der Waals surface area contributed by atoms with E-state index < -0.39 is 0 Å². The van der Waals surface area contributed by atoms with E-state index in [0.717, 1.165) is 38.8 Å². The molecule has 6 nitrogen and oxygen atoms in total. The highest BCUT2D eigenvalue weighted by Gasteiger charge is 2.20. The van der Waals surface area contributed by atoms with Gasteiger partial charge in [0.05, 0.1) is 22.3 Å². The molecule has 1 heterocycles. The summed E-state index contributed by atoms with van der Waals surface area (Å²) < 4.78 is 6.16. The molecule has 1 fully saturated rings. The van der Waals surface area contributed by atoms with Crippen LogP contribution in [0.4, 0.5) is 5.69 Å². The van der Waals surface area contributed by atoms with Crippen molar-refractivity contribution >= 4 is 50.8 Å². The number of ether oxygens (including phenoxy) is 1. The first-order valence-corrected chi connectivity index (χ1v) is 11.6. The Kier molecular flexibility index (Phi) is 8.43. The number of nitrogens with one attached hydrogen (secondary N) is 2. The van der Waals surface area contributed by atoms with Gasteiger partial charge in [-0.1, -0.05) is 25.0 Å². The maximum absolute atomic E-state index is 13.1. The fraction of sp³-hybridized carbons (Fsp3) is 0.348. The van der Waals surface area contributed by atoms with Gasteiger partial charge in [0.2, 0.25) is 0 Å². The minimum absolute atomic E-state index is 0.0189. The summed E-state index contributed by atoms with van der Waals surface area (Å²) in [7, 11) is 0. The van der Waals surface area contributed by atoms with Crippen molar-refractivity contribution in [2.75, 3.05) is 25.0 Å². The van der Waals surface area contributed by atoms with Crippen LogP contribution in [-0.4, -0.2) is 41.5 Å². The van der Waals surface area contributed by atoms with Gasteiger partial charge in [0.15, 0.2) is 5.11 Å². The zero-order chi connectivity index (χ0) is 22.2. The number of hydrogen-bond donors (Lipinski definition) is 2. The molecule has 3 rings (SSSR count). The monoisotopic (exact) mass is 503 g/mol. The minimum atomic E-state index is -0.349. The highest BCUT2D eigenvalue weighted by atomic mass is 79.9. The molecular formula is C23H26BrN3O3S. The molecule has 0 atom stereocenters. The van der Waals surface area contributed by atoms with Crippen LogP contribution in [0.3, 0.4) is 0 Å². The number of amides is 2. The smallest absolute Gasteiger partial charge is 0.257 e. The van der Waals surface area contributed by atoms with Gasteiger partial charge in [0, 0.05) is 18.7 Å². The summed E-state index contributed by atoms with van der Waals surface area (Å²) in [6, 6.07) is 12.3. The molecule has 0 aromatic heterocycles. The third-order valence-electron chi connectivity index (χ3n) is 5.02. The van der Waals surface area contributed by atoms with Crippen LogP contribution in [0.2, 0.25) is 0 Å². The number of benzene rings is 2. The molecule has 2 amide bonds. The Morgan fingerprint density at radius 3 is 2.48 bits per heavy atom. The van der Waals surface area contributed by atoms with E-state index in [1.165, 1.54) is 0 Å². The first-order chi connectivity index (χ1) is 15.0. The lowest BCUT2D eigenvalue weighted by Crippen LogP contribution is -2.36. The molecule has 1 saturated heterocycles. The largest absolute Gasteiger partial charge is 0.493 e. The summed E-state index contributed by atoms with van der Waals surface area (Å²) in [4.78, 5) is 27.6. The van der Waals surface area contributed by atoms with Crippen LogP contribution in [0, 0.1) is 0 Å². The molecule has 0 bridgehead atoms. The number of hydrogen-bond acceptors (Lipinski definition) is 4. The van der Waals surface area contributed by atoms with E-state index in [1.54, 1.807) is 30.3 Å². The van der Waals surface area contributed by atoms with Crippen LogP contribution in [0.1, 0.15) is 53.3 Å². The van der Waals surface area contributed by atoms with Crippen molar-refractivity contribution in [3.63, 3.8) is 0 Å². The number of rotatable bonds is 5. The molecule has 0 aliphatic carbocycles. The van der Waals surface area contributed by atoms with Gasteiger partial charge >= 0.3 is 0 Å². The number of anilines is 1. The van der Waals surface area contributed by atoms with E-state index in [0.29, 0.717) is 33.6 Å². The summed E-state index contributed by atoms with van der Waals surface area (Å²) in [5, 5.41) is 5.81. The molecule has 31 heavy (non-hydrogen) atoms. The van der Waals surface area contributed by atoms with Gasteiger partial charge in [0.1, 0.15) is 5.75 Å². The summed E-state index contributed by atoms with van der Waals surface area (Å²) in [5.74, 6) is 0.299. The highest BCUT2D eigenvalue weighted by molar-refractivity contribution is 9.10. The quantitative estimate of drug-likeness (QED) is 0.562. The van der Waals surface area contributed by atoms with Crippen molar-refractivity contribution in [1.82, 2.24) is 10.2 Å². The molecule has 164 valence electrons. The number of likely N-dealkylation sites (tertiary alicyclic amines) is 1. The average Bonchev–Trinajstić information content (AvgIpc) is 3.04. The molecule has 2 aromatic rings. The molecule has 0 radical (unpaired) electrons. The van der Waals surface area contributed by atoms with Gasteiger partial charge in [-0.15, -0.1) is 0 Å². The summed E-state index contributed by atoms with van der Waals surface area (Å²) >= 11 is 8.74. The molecule has 2 aromatic carbocycles. The topological polar surface area (TPSA) is 70.7 Å². The minimum Gasteiger partial charge on any atom is -0.493 e. The first-order valence-electron chi connectivity index (χ1n) is 10.4. The fourth-order valence-electron chi connectivity index (χ4n) is 3.47. The Bertz CT molecular complexity index is 959. The second-order valence-corrected chi connectivity index (χ2v) is 8.50. The van der Waals surface area contributed by atoms with Crippen molar-refractivity contribution in [2.24, 2.45) is 0 Å². The van der Waals surface area contributed by atoms with E-state index in [9.17, 15) is 9.59 Å². The number of thiocarbonyl (C=S) groups is 1. The molecule has 0 saturated carbocycles. The van der Waals surface area contributed by atoms with E-state index >= 15 is 0 Å². The predicted octanol–water partition coefficient (Wildman–Crippen LogP) is 4.99. The van der Waals surface area contributed by atoms with E-state index in [1.807, 2.05) is 24.0 Å². The normalized spacial score (nSPS) is 13.8. The van der Waals surface area contributed by atoms with Crippen molar-refractivity contribution in [1.29, 1.82) is 0 Å². The highest BCUT2D eigenvalue weighted by Crippen LogP contribution is 2.26. The lowest BCUT2D eigenvalue weighted by Gasteiger charge is -2.22. The van der Waals surface area contributed by atoms with Gasteiger partial charge in [-0.05, 0) is 78.2 Å². The van der Waals surface area contributed by atoms with Crippen LogP contribution in [0.5, 0.6) is 5.75 Å². The third-order valence-corrected chi connectivity index (χ3v) is 5.84. The number of halogens is 1. The van der Waals surface area contributed by atoms with E-state index in [2.05, 4.69) is 26.6 Å². The van der Waals surface area contributed by atoms with Gasteiger partial charge < -0.3 is 15.0 Å². The summed E-state index contributed by atoms with van der Waals surface area (Å²) in [6.07, 6.45) is 4.35. The Hall–Kier alpha value is -2.45. The second kappa shape index (κ2) is 11.2. The Morgan fingerprint density at radius 1 is 1.10 bits per heavy atom. The Morgan fingerprint density at radius 2 is 1.81 bits per heavy atom. The van der Waals surface area contributed by atoms with E-state index in [4.69, 9.17) is 17.0 Å². The Labute approximate surface area is 196 Å². The summed E-state index contributed by atoms with van der Waals surface area (Å²) in [5.41, 5.74) is 1.56. The average molecular weight is 504 g/mol. The molecule has 0 unspecified atom stereocenters. The zero-order valence-electron chi connectivity index (χ0n) is 17.4. The van der Waals surface area contributed by atoms with Crippen molar-refractivity contribution in [3.8, 4) is 5.75 Å². The van der Waals surface area contributed by atoms with E-state index in [-0.39, 0.29) is 16.9 Å². The number of carbonyl (C=O) groups excluding carboxylic acids is 2. The van der Waals surface area contributed by atoms with Crippen molar-refractivity contribution in [2.45, 2.75) is 32.6 Å². The lowest BCUT2D eigenvalue weighted by atomic mass is 10.1. The van der Waals surface area contributed by atoms with Gasteiger partial charge in [-0.3, -0.25) is 14.9 Å². The lowest BCUT2D eigenvalue weighted by molar-refractivity contribution is 0.0762. The number of para-hydroxylation sites is 1. The maximum Gasteiger partial charge on any atom is 0.257 e. The second-order valence-electron chi connectivity index (χ2n) is 7.24. The van der Waals surface area contributed by atoms with Crippen molar-refractivity contribution in [3.05, 3.63) is 58.1 Å². The SMILES string of the molecule is CCOc1ccc(C(=O)NC(=S)Nc2ccccc2C(=O)N2CCCCCC2)cc1Br. The molecule has 1 aliphatic heterocycles. The standard InChI is InChI=1S/C23H26BrN3O3S/c1-2-30-20-12-11-16(15-18(20)24)21(28)26-23(31)25-19-10-6-5-9-17(19)22(29)27-13-7-3-4-8-14-27/h5-6,9-12,15H,2-4,7-8,13-14H2,1H3,(H2,25,26,28,31). The van der Waals surface area contributed by atoms with Crippen LogP contribution in [0.25, 0.3) is 0 Å². The molecule has 8 heteroatoms. The van der Waals surface area contributed by atoms with Crippen molar-refractivity contribution < 1.29 is 14.3 Å². The van der Waals surface area contributed by atoms with Gasteiger partial charge in [-0.25, -0.2) is 0 Å².